The molecule has 6 heteroatoms. The van der Waals surface area contributed by atoms with E-state index in [1.54, 1.807) is 12.1 Å². The molecule has 0 saturated heterocycles. The minimum atomic E-state index is -4.54. The quantitative estimate of drug-likeness (QED) is 0.778. The summed E-state index contributed by atoms with van der Waals surface area (Å²) in [4.78, 5) is 17.4. The molecule has 0 aliphatic carbocycles. The zero-order chi connectivity index (χ0) is 12.2. The van der Waals surface area contributed by atoms with Gasteiger partial charge < -0.3 is 9.26 Å². The Labute approximate surface area is 94.3 Å². The molecule has 0 aromatic heterocycles. The van der Waals surface area contributed by atoms with E-state index in [2.05, 4.69) is 4.52 Å². The molecule has 16 heavy (non-hydrogen) atoms. The molecule has 90 valence electrons. The summed E-state index contributed by atoms with van der Waals surface area (Å²) < 4.78 is 20.2. The molecule has 0 atom stereocenters. The van der Waals surface area contributed by atoms with Crippen LogP contribution in [-0.2, 0) is 11.0 Å². The monoisotopic (exact) mass is 246 g/mol. The summed E-state index contributed by atoms with van der Waals surface area (Å²) in [5, 5.41) is 0. The third kappa shape index (κ3) is 3.85. The number of methoxy groups -OCH3 is 1. The molecule has 0 bridgehead atoms. The van der Waals surface area contributed by atoms with E-state index in [1.165, 1.54) is 13.2 Å². The van der Waals surface area contributed by atoms with Gasteiger partial charge in [-0.05, 0) is 24.1 Å². The average molecular weight is 246 g/mol. The van der Waals surface area contributed by atoms with Crippen LogP contribution in [0.2, 0.25) is 0 Å². The van der Waals surface area contributed by atoms with E-state index in [-0.39, 0.29) is 5.75 Å². The minimum Gasteiger partial charge on any atom is -0.493 e. The molecule has 1 aromatic carbocycles. The standard InChI is InChI=1S/C10H15O5P/c1-3-4-8-5-6-9(10(7-8)14-2)15-16(11,12)13/h5-7H,3-4H2,1-2H3,(H2,11,12,13). The third-order valence-corrected chi connectivity index (χ3v) is 2.42. The van der Waals surface area contributed by atoms with Crippen LogP contribution >= 0.6 is 7.82 Å². The van der Waals surface area contributed by atoms with Crippen LogP contribution in [0.25, 0.3) is 0 Å². The van der Waals surface area contributed by atoms with Gasteiger partial charge in [0.05, 0.1) is 7.11 Å². The molecule has 2 N–H and O–H groups in total. The molecule has 0 spiro atoms. The summed E-state index contributed by atoms with van der Waals surface area (Å²) in [6.07, 6.45) is 1.87. The van der Waals surface area contributed by atoms with Gasteiger partial charge in [0.25, 0.3) is 0 Å². The summed E-state index contributed by atoms with van der Waals surface area (Å²) in [5.74, 6) is 0.380. The molecule has 0 fully saturated rings. The molecule has 0 aliphatic rings. The zero-order valence-electron chi connectivity index (χ0n) is 9.21. The molecule has 0 radical (unpaired) electrons. The second-order valence-corrected chi connectivity index (χ2v) is 4.48. The van der Waals surface area contributed by atoms with Crippen molar-refractivity contribution >= 4 is 7.82 Å². The lowest BCUT2D eigenvalue weighted by Gasteiger charge is -2.12. The highest BCUT2D eigenvalue weighted by Crippen LogP contribution is 2.42. The van der Waals surface area contributed by atoms with Gasteiger partial charge in [0, 0.05) is 0 Å². The lowest BCUT2D eigenvalue weighted by Crippen LogP contribution is -1.95. The average Bonchev–Trinajstić information content (AvgIpc) is 2.18. The van der Waals surface area contributed by atoms with Crippen LogP contribution in [0.15, 0.2) is 18.2 Å². The van der Waals surface area contributed by atoms with E-state index in [0.29, 0.717) is 5.75 Å². The van der Waals surface area contributed by atoms with E-state index >= 15 is 0 Å². The SMILES string of the molecule is CCCc1ccc(OP(=O)(O)O)c(OC)c1. The lowest BCUT2D eigenvalue weighted by atomic mass is 10.1. The summed E-state index contributed by atoms with van der Waals surface area (Å²) >= 11 is 0. The number of hydrogen-bond donors (Lipinski definition) is 2. The van der Waals surface area contributed by atoms with Gasteiger partial charge in [0.2, 0.25) is 0 Å². The largest absolute Gasteiger partial charge is 0.524 e. The van der Waals surface area contributed by atoms with Gasteiger partial charge in [-0.3, -0.25) is 9.79 Å². The Kier molecular flexibility index (Phi) is 4.35. The second-order valence-electron chi connectivity index (χ2n) is 3.32. The molecule has 5 nitrogen and oxygen atoms in total. The van der Waals surface area contributed by atoms with Crippen LogP contribution in [0.1, 0.15) is 18.9 Å². The number of aryl methyl sites for hydroxylation is 1. The topological polar surface area (TPSA) is 76.0 Å². The maximum atomic E-state index is 10.7. The van der Waals surface area contributed by atoms with Crippen molar-refractivity contribution in [3.05, 3.63) is 23.8 Å². The van der Waals surface area contributed by atoms with Crippen molar-refractivity contribution in [2.75, 3.05) is 7.11 Å². The maximum absolute atomic E-state index is 10.7. The van der Waals surface area contributed by atoms with Crippen LogP contribution in [0, 0.1) is 0 Å². The van der Waals surface area contributed by atoms with Gasteiger partial charge >= 0.3 is 7.82 Å². The van der Waals surface area contributed by atoms with Crippen molar-refractivity contribution in [3.63, 3.8) is 0 Å². The Balaban J connectivity index is 2.97. The smallest absolute Gasteiger partial charge is 0.493 e. The van der Waals surface area contributed by atoms with E-state index in [4.69, 9.17) is 14.5 Å². The number of benzene rings is 1. The first-order chi connectivity index (χ1) is 7.46. The molecule has 0 amide bonds. The number of phosphoric ester groups is 1. The Hall–Kier alpha value is -1.03. The van der Waals surface area contributed by atoms with E-state index in [9.17, 15) is 4.57 Å². The third-order valence-electron chi connectivity index (χ3n) is 1.98. The van der Waals surface area contributed by atoms with Crippen molar-refractivity contribution in [3.8, 4) is 11.5 Å². The van der Waals surface area contributed by atoms with Gasteiger partial charge in [-0.15, -0.1) is 0 Å². The summed E-state index contributed by atoms with van der Waals surface area (Å²) in [6, 6.07) is 4.98. The first kappa shape index (κ1) is 13.0. The fourth-order valence-electron chi connectivity index (χ4n) is 1.36. The van der Waals surface area contributed by atoms with Crippen LogP contribution in [0.5, 0.6) is 11.5 Å². The fraction of sp³-hybridized carbons (Fsp3) is 0.400. The number of phosphoric acid groups is 1. The van der Waals surface area contributed by atoms with Crippen molar-refractivity contribution in [1.82, 2.24) is 0 Å². The number of rotatable bonds is 5. The summed E-state index contributed by atoms with van der Waals surface area (Å²) in [6.45, 7) is 2.05. The van der Waals surface area contributed by atoms with Crippen LogP contribution < -0.4 is 9.26 Å². The zero-order valence-corrected chi connectivity index (χ0v) is 10.1. The summed E-state index contributed by atoms with van der Waals surface area (Å²) in [5.41, 5.74) is 1.04. The predicted octanol–water partition coefficient (Wildman–Crippen LogP) is 2.12. The first-order valence-electron chi connectivity index (χ1n) is 4.88. The fourth-order valence-corrected chi connectivity index (χ4v) is 1.77. The van der Waals surface area contributed by atoms with Gasteiger partial charge in [0.15, 0.2) is 11.5 Å². The highest BCUT2D eigenvalue weighted by Gasteiger charge is 2.18. The Morgan fingerprint density at radius 2 is 2.00 bits per heavy atom. The molecular weight excluding hydrogens is 231 g/mol. The molecule has 1 aromatic rings. The first-order valence-corrected chi connectivity index (χ1v) is 6.41. The van der Waals surface area contributed by atoms with Crippen molar-refractivity contribution in [1.29, 1.82) is 0 Å². The maximum Gasteiger partial charge on any atom is 0.524 e. The van der Waals surface area contributed by atoms with Gasteiger partial charge in [-0.25, -0.2) is 4.57 Å². The number of ether oxygens (including phenoxy) is 1. The van der Waals surface area contributed by atoms with E-state index < -0.39 is 7.82 Å². The highest BCUT2D eigenvalue weighted by atomic mass is 31.2. The predicted molar refractivity (Wildman–Crippen MR) is 59.7 cm³/mol. The van der Waals surface area contributed by atoms with Gasteiger partial charge in [-0.2, -0.15) is 0 Å². The molecule has 0 saturated carbocycles. The van der Waals surface area contributed by atoms with Crippen molar-refractivity contribution < 1.29 is 23.6 Å². The van der Waals surface area contributed by atoms with Gasteiger partial charge in [0.1, 0.15) is 0 Å². The highest BCUT2D eigenvalue weighted by molar-refractivity contribution is 7.46. The van der Waals surface area contributed by atoms with Crippen LogP contribution in [0.3, 0.4) is 0 Å². The van der Waals surface area contributed by atoms with Crippen molar-refractivity contribution in [2.24, 2.45) is 0 Å². The molecule has 0 aliphatic heterocycles. The van der Waals surface area contributed by atoms with Gasteiger partial charge in [-0.1, -0.05) is 19.4 Å². The Morgan fingerprint density at radius 3 is 2.50 bits per heavy atom. The number of hydrogen-bond acceptors (Lipinski definition) is 3. The Bertz CT molecular complexity index is 398. The van der Waals surface area contributed by atoms with Crippen molar-refractivity contribution in [2.45, 2.75) is 19.8 Å². The second kappa shape index (κ2) is 5.34. The van der Waals surface area contributed by atoms with E-state index in [1.807, 2.05) is 6.92 Å². The van der Waals surface area contributed by atoms with Crippen LogP contribution in [0.4, 0.5) is 0 Å². The van der Waals surface area contributed by atoms with E-state index in [0.717, 1.165) is 18.4 Å². The molecule has 0 heterocycles. The van der Waals surface area contributed by atoms with Crippen LogP contribution in [-0.4, -0.2) is 16.9 Å². The Morgan fingerprint density at radius 1 is 1.31 bits per heavy atom. The molecule has 0 unspecified atom stereocenters. The lowest BCUT2D eigenvalue weighted by molar-refractivity contribution is 0.276. The normalized spacial score (nSPS) is 11.2. The molecule has 1 rings (SSSR count). The summed E-state index contributed by atoms with van der Waals surface area (Å²) in [7, 11) is -3.11. The minimum absolute atomic E-state index is 0.0516. The molecular formula is C10H15O5P.